The lowest BCUT2D eigenvalue weighted by Crippen LogP contribution is -2.56. The van der Waals surface area contributed by atoms with Gasteiger partial charge in [0, 0.05) is 32.4 Å². The molecule has 2 amide bonds. The fourth-order valence-corrected chi connectivity index (χ4v) is 3.75. The zero-order valence-corrected chi connectivity index (χ0v) is 13.1. The molecule has 22 heavy (non-hydrogen) atoms. The van der Waals surface area contributed by atoms with Gasteiger partial charge < -0.3 is 9.80 Å². The van der Waals surface area contributed by atoms with Crippen LogP contribution in [0.3, 0.4) is 0 Å². The molecule has 0 aliphatic carbocycles. The fraction of sp³-hybridized carbons (Fsp3) is 0.588. The normalized spacial score (nSPS) is 25.6. The quantitative estimate of drug-likeness (QED) is 0.834. The highest BCUT2D eigenvalue weighted by Crippen LogP contribution is 2.29. The van der Waals surface area contributed by atoms with Gasteiger partial charge in [-0.05, 0) is 37.3 Å². The maximum absolute atomic E-state index is 12.7. The second-order valence-corrected chi connectivity index (χ2v) is 6.30. The first-order chi connectivity index (χ1) is 10.7. The number of likely N-dealkylation sites (tertiary alicyclic amines) is 2. The van der Waals surface area contributed by atoms with Gasteiger partial charge in [-0.3, -0.25) is 14.6 Å². The van der Waals surface area contributed by atoms with Crippen molar-refractivity contribution in [1.82, 2.24) is 14.8 Å². The molecule has 2 aliphatic heterocycles. The minimum Gasteiger partial charge on any atom is -0.341 e. The first kappa shape index (κ1) is 15.0. The Bertz CT molecular complexity index is 546. The highest BCUT2D eigenvalue weighted by molar-refractivity contribution is 5.80. The predicted molar refractivity (Wildman–Crippen MR) is 83.1 cm³/mol. The molecule has 118 valence electrons. The summed E-state index contributed by atoms with van der Waals surface area (Å²) < 4.78 is 0. The zero-order valence-electron chi connectivity index (χ0n) is 13.1. The molecular weight excluding hydrogens is 278 g/mol. The molecule has 2 atom stereocenters. The van der Waals surface area contributed by atoms with Crippen LogP contribution in [0.4, 0.5) is 0 Å². The number of piperidine rings is 1. The van der Waals surface area contributed by atoms with Crippen LogP contribution in [0, 0.1) is 0 Å². The van der Waals surface area contributed by atoms with E-state index in [9.17, 15) is 9.59 Å². The van der Waals surface area contributed by atoms with Gasteiger partial charge in [-0.25, -0.2) is 0 Å². The number of hydrogen-bond acceptors (Lipinski definition) is 3. The fourth-order valence-electron chi connectivity index (χ4n) is 3.75. The van der Waals surface area contributed by atoms with Gasteiger partial charge >= 0.3 is 0 Å². The van der Waals surface area contributed by atoms with E-state index in [1.165, 1.54) is 0 Å². The van der Waals surface area contributed by atoms with Gasteiger partial charge in [0.05, 0.1) is 18.5 Å². The van der Waals surface area contributed by atoms with E-state index in [1.807, 2.05) is 29.0 Å². The average molecular weight is 301 g/mol. The van der Waals surface area contributed by atoms with Crippen molar-refractivity contribution in [2.24, 2.45) is 0 Å². The summed E-state index contributed by atoms with van der Waals surface area (Å²) >= 11 is 0. The highest BCUT2D eigenvalue weighted by atomic mass is 16.2. The van der Waals surface area contributed by atoms with Crippen molar-refractivity contribution in [1.29, 1.82) is 0 Å². The molecule has 5 heteroatoms. The molecule has 0 spiro atoms. The van der Waals surface area contributed by atoms with Crippen LogP contribution in [-0.2, 0) is 16.0 Å². The van der Waals surface area contributed by atoms with E-state index in [2.05, 4.69) is 4.98 Å². The summed E-state index contributed by atoms with van der Waals surface area (Å²) in [4.78, 5) is 32.7. The summed E-state index contributed by atoms with van der Waals surface area (Å²) in [6.45, 7) is 0.808. The van der Waals surface area contributed by atoms with Crippen LogP contribution in [0.5, 0.6) is 0 Å². The van der Waals surface area contributed by atoms with Gasteiger partial charge in [-0.2, -0.15) is 0 Å². The van der Waals surface area contributed by atoms with E-state index in [0.29, 0.717) is 12.8 Å². The van der Waals surface area contributed by atoms with Crippen LogP contribution in [0.25, 0.3) is 0 Å². The molecule has 0 unspecified atom stereocenters. The highest BCUT2D eigenvalue weighted by Gasteiger charge is 2.39. The van der Waals surface area contributed by atoms with Crippen LogP contribution < -0.4 is 0 Å². The molecule has 0 bridgehead atoms. The zero-order chi connectivity index (χ0) is 15.5. The Morgan fingerprint density at radius 3 is 2.91 bits per heavy atom. The van der Waals surface area contributed by atoms with Crippen LogP contribution in [-0.4, -0.2) is 52.3 Å². The molecule has 0 saturated carbocycles. The number of hydrogen-bond donors (Lipinski definition) is 0. The molecule has 0 radical (unpaired) electrons. The minimum atomic E-state index is 0.158. The summed E-state index contributed by atoms with van der Waals surface area (Å²) in [7, 11) is 1.89. The molecule has 5 nitrogen and oxygen atoms in total. The number of nitrogens with zero attached hydrogens (tertiary/aromatic N) is 3. The lowest BCUT2D eigenvalue weighted by Gasteiger charge is -2.43. The van der Waals surface area contributed by atoms with Crippen molar-refractivity contribution in [2.75, 3.05) is 13.6 Å². The van der Waals surface area contributed by atoms with Gasteiger partial charge in [0.25, 0.3) is 0 Å². The molecule has 2 fully saturated rings. The first-order valence-electron chi connectivity index (χ1n) is 8.11. The average Bonchev–Trinajstić information content (AvgIpc) is 2.68. The summed E-state index contributed by atoms with van der Waals surface area (Å²) in [5.74, 6) is 0.375. The van der Waals surface area contributed by atoms with Crippen molar-refractivity contribution in [2.45, 2.75) is 50.6 Å². The van der Waals surface area contributed by atoms with Crippen molar-refractivity contribution >= 4 is 11.8 Å². The first-order valence-corrected chi connectivity index (χ1v) is 8.11. The molecule has 3 heterocycles. The molecule has 1 aromatic heterocycles. The topological polar surface area (TPSA) is 53.5 Å². The summed E-state index contributed by atoms with van der Waals surface area (Å²) in [6, 6.07) is 4.16. The number of carbonyl (C=O) groups excluding carboxylic acids is 2. The molecule has 1 aromatic rings. The maximum Gasteiger partial charge on any atom is 0.227 e. The minimum absolute atomic E-state index is 0.158. The standard InChI is InChI=1S/C17H23N3O2/c1-19-14-7-4-10-20(15(14)6-2-8-16(19)21)17(22)11-13-5-3-9-18-12-13/h3,5,9,12,14-15H,2,4,6-8,10-11H2,1H3/t14-,15-/m1/s1. The van der Waals surface area contributed by atoms with Crippen LogP contribution in [0.15, 0.2) is 24.5 Å². The van der Waals surface area contributed by atoms with Crippen LogP contribution in [0.1, 0.15) is 37.7 Å². The van der Waals surface area contributed by atoms with Gasteiger partial charge in [0.1, 0.15) is 0 Å². The SMILES string of the molecule is CN1C(=O)CCC[C@@H]2[C@H]1CCCN2C(=O)Cc1cccnc1. The third-order valence-electron chi connectivity index (χ3n) is 4.92. The Morgan fingerprint density at radius 2 is 2.14 bits per heavy atom. The van der Waals surface area contributed by atoms with E-state index in [-0.39, 0.29) is 23.9 Å². The van der Waals surface area contributed by atoms with Crippen molar-refractivity contribution in [3.05, 3.63) is 30.1 Å². The summed E-state index contributed by atoms with van der Waals surface area (Å²) in [5, 5.41) is 0. The largest absolute Gasteiger partial charge is 0.341 e. The number of aromatic nitrogens is 1. The van der Waals surface area contributed by atoms with Crippen LogP contribution in [0.2, 0.25) is 0 Å². The van der Waals surface area contributed by atoms with Gasteiger partial charge in [0.15, 0.2) is 0 Å². The van der Waals surface area contributed by atoms with Gasteiger partial charge in [-0.1, -0.05) is 6.07 Å². The number of carbonyl (C=O) groups is 2. The van der Waals surface area contributed by atoms with Crippen molar-refractivity contribution in [3.63, 3.8) is 0 Å². The lowest BCUT2D eigenvalue weighted by atomic mass is 9.92. The van der Waals surface area contributed by atoms with E-state index in [4.69, 9.17) is 0 Å². The molecule has 0 N–H and O–H groups in total. The monoisotopic (exact) mass is 301 g/mol. The third kappa shape index (κ3) is 2.98. The maximum atomic E-state index is 12.7. The predicted octanol–water partition coefficient (Wildman–Crippen LogP) is 1.63. The number of pyridine rings is 1. The van der Waals surface area contributed by atoms with E-state index < -0.39 is 0 Å². The molecule has 2 saturated heterocycles. The Hall–Kier alpha value is -1.91. The number of likely N-dealkylation sites (N-methyl/N-ethyl adjacent to an activating group) is 1. The van der Waals surface area contributed by atoms with Gasteiger partial charge in [-0.15, -0.1) is 0 Å². The van der Waals surface area contributed by atoms with E-state index in [0.717, 1.165) is 37.8 Å². The Balaban J connectivity index is 1.75. The van der Waals surface area contributed by atoms with E-state index >= 15 is 0 Å². The molecule has 3 rings (SSSR count). The molecule has 2 aliphatic rings. The number of amides is 2. The third-order valence-corrected chi connectivity index (χ3v) is 4.92. The summed E-state index contributed by atoms with van der Waals surface area (Å²) in [5.41, 5.74) is 0.952. The van der Waals surface area contributed by atoms with Crippen molar-refractivity contribution < 1.29 is 9.59 Å². The van der Waals surface area contributed by atoms with Crippen molar-refractivity contribution in [3.8, 4) is 0 Å². The Kier molecular flexibility index (Phi) is 4.41. The van der Waals surface area contributed by atoms with E-state index in [1.54, 1.807) is 12.4 Å². The second kappa shape index (κ2) is 6.46. The second-order valence-electron chi connectivity index (χ2n) is 6.30. The lowest BCUT2D eigenvalue weighted by molar-refractivity contribution is -0.140. The summed E-state index contributed by atoms with van der Waals surface area (Å²) in [6.07, 6.45) is 8.25. The molecule has 0 aromatic carbocycles. The van der Waals surface area contributed by atoms with Gasteiger partial charge in [0.2, 0.25) is 11.8 Å². The smallest absolute Gasteiger partial charge is 0.227 e. The number of rotatable bonds is 2. The number of fused-ring (bicyclic) bond motifs is 1. The van der Waals surface area contributed by atoms with Crippen LogP contribution >= 0.6 is 0 Å². The Labute approximate surface area is 131 Å². The Morgan fingerprint density at radius 1 is 1.32 bits per heavy atom. The molecular formula is C17H23N3O2.